The van der Waals surface area contributed by atoms with E-state index in [0.717, 1.165) is 24.6 Å². The monoisotopic (exact) mass is 402 g/mol. The third-order valence-corrected chi connectivity index (χ3v) is 6.21. The molecule has 1 unspecified atom stereocenters. The van der Waals surface area contributed by atoms with Crippen LogP contribution in [0, 0.1) is 0 Å². The van der Waals surface area contributed by atoms with Crippen molar-refractivity contribution in [1.82, 2.24) is 0 Å². The summed E-state index contributed by atoms with van der Waals surface area (Å²) in [4.78, 5) is 11.6. The van der Waals surface area contributed by atoms with E-state index < -0.39 is 6.10 Å². The number of rotatable bonds is 21. The van der Waals surface area contributed by atoms with Crippen molar-refractivity contribution in [3.63, 3.8) is 0 Å². The molecule has 0 saturated carbocycles. The second-order valence-electron chi connectivity index (χ2n) is 7.93. The number of unbranched alkanes of at least 4 members (excludes halogenated alkanes) is 16. The van der Waals surface area contributed by atoms with Crippen molar-refractivity contribution in [2.24, 2.45) is 0 Å². The smallest absolute Gasteiger partial charge is 0.189 e. The molecular weight excluding hydrogens is 356 g/mol. The fourth-order valence-electron chi connectivity index (χ4n) is 3.31. The number of hydrogen-bond acceptors (Lipinski definition) is 4. The van der Waals surface area contributed by atoms with Gasteiger partial charge in [0, 0.05) is 12.2 Å². The number of hydrogen-bond donors (Lipinski definition) is 2. The summed E-state index contributed by atoms with van der Waals surface area (Å²) >= 11 is 1.15. The Hall–Kier alpha value is -0.0600. The van der Waals surface area contributed by atoms with E-state index in [1.165, 1.54) is 96.3 Å². The molecule has 0 bridgehead atoms. The molecule has 0 aromatic rings. The first kappa shape index (κ1) is 26.9. The minimum Gasteiger partial charge on any atom is -0.394 e. The summed E-state index contributed by atoms with van der Waals surface area (Å²) in [5, 5.41) is 18.1. The SMILES string of the molecule is CCCCCCCCCCCCCCCCCCCC(=O)SCC(O)CO. The van der Waals surface area contributed by atoms with Gasteiger partial charge in [-0.15, -0.1) is 0 Å². The van der Waals surface area contributed by atoms with Crippen LogP contribution in [0.1, 0.15) is 122 Å². The standard InChI is InChI=1S/C23H46O3S/c1-2-3-4-5-6-7-8-9-10-11-12-13-14-15-16-17-18-19-23(26)27-21-22(25)20-24/h22,24-25H,2-21H2,1H3. The summed E-state index contributed by atoms with van der Waals surface area (Å²) in [5.74, 6) is 0.314. The van der Waals surface area contributed by atoms with Crippen LogP contribution in [0.2, 0.25) is 0 Å². The van der Waals surface area contributed by atoms with Crippen LogP contribution in [0.5, 0.6) is 0 Å². The molecule has 0 aromatic carbocycles. The van der Waals surface area contributed by atoms with Crippen molar-refractivity contribution in [3.8, 4) is 0 Å². The van der Waals surface area contributed by atoms with Gasteiger partial charge in [0.15, 0.2) is 5.12 Å². The van der Waals surface area contributed by atoms with E-state index in [4.69, 9.17) is 5.11 Å². The maximum atomic E-state index is 11.6. The van der Waals surface area contributed by atoms with Crippen LogP contribution in [0.15, 0.2) is 0 Å². The normalized spacial score (nSPS) is 12.4. The molecule has 4 heteroatoms. The summed E-state index contributed by atoms with van der Waals surface area (Å²) in [7, 11) is 0. The number of thioether (sulfide) groups is 1. The quantitative estimate of drug-likeness (QED) is 0.211. The van der Waals surface area contributed by atoms with Gasteiger partial charge in [0.25, 0.3) is 0 Å². The number of aliphatic hydroxyl groups is 2. The molecule has 27 heavy (non-hydrogen) atoms. The largest absolute Gasteiger partial charge is 0.394 e. The molecule has 2 N–H and O–H groups in total. The molecule has 3 nitrogen and oxygen atoms in total. The molecule has 162 valence electrons. The highest BCUT2D eigenvalue weighted by molar-refractivity contribution is 8.13. The molecule has 0 radical (unpaired) electrons. The van der Waals surface area contributed by atoms with E-state index in [1.807, 2.05) is 0 Å². The molecular formula is C23H46O3S. The highest BCUT2D eigenvalue weighted by Crippen LogP contribution is 2.15. The Labute approximate surface area is 173 Å². The summed E-state index contributed by atoms with van der Waals surface area (Å²) in [5.41, 5.74) is 0. The van der Waals surface area contributed by atoms with Gasteiger partial charge >= 0.3 is 0 Å². The Morgan fingerprint density at radius 2 is 1.07 bits per heavy atom. The zero-order chi connectivity index (χ0) is 20.0. The van der Waals surface area contributed by atoms with Crippen molar-refractivity contribution in [3.05, 3.63) is 0 Å². The third kappa shape index (κ3) is 22.1. The van der Waals surface area contributed by atoms with Crippen molar-refractivity contribution in [1.29, 1.82) is 0 Å². The van der Waals surface area contributed by atoms with Crippen LogP contribution in [-0.2, 0) is 4.79 Å². The summed E-state index contributed by atoms with van der Waals surface area (Å²) in [6.07, 6.45) is 22.7. The van der Waals surface area contributed by atoms with Crippen molar-refractivity contribution >= 4 is 16.9 Å². The molecule has 0 heterocycles. The summed E-state index contributed by atoms with van der Waals surface area (Å²) in [6, 6.07) is 0. The highest BCUT2D eigenvalue weighted by Gasteiger charge is 2.07. The second kappa shape index (κ2) is 22.2. The first-order chi connectivity index (χ1) is 13.2. The molecule has 0 aliphatic rings. The van der Waals surface area contributed by atoms with E-state index >= 15 is 0 Å². The molecule has 0 aliphatic heterocycles. The topological polar surface area (TPSA) is 57.5 Å². The van der Waals surface area contributed by atoms with Crippen LogP contribution < -0.4 is 0 Å². The van der Waals surface area contributed by atoms with E-state index in [9.17, 15) is 9.90 Å². The number of carbonyl (C=O) groups excluding carboxylic acids is 1. The number of aliphatic hydroxyl groups excluding tert-OH is 2. The molecule has 0 saturated heterocycles. The minimum absolute atomic E-state index is 0.142. The maximum Gasteiger partial charge on any atom is 0.189 e. The zero-order valence-electron chi connectivity index (χ0n) is 17.9. The Balaban J connectivity index is 3.11. The molecule has 0 amide bonds. The van der Waals surface area contributed by atoms with Crippen LogP contribution in [-0.4, -0.2) is 33.8 Å². The first-order valence-corrected chi connectivity index (χ1v) is 12.6. The summed E-state index contributed by atoms with van der Waals surface area (Å²) in [6.45, 7) is 2.01. The summed E-state index contributed by atoms with van der Waals surface area (Å²) < 4.78 is 0. The second-order valence-corrected chi connectivity index (χ2v) is 9.00. The Bertz CT molecular complexity index is 310. The van der Waals surface area contributed by atoms with Crippen molar-refractivity contribution in [2.75, 3.05) is 12.4 Å². The van der Waals surface area contributed by atoms with Gasteiger partial charge < -0.3 is 10.2 Å². The molecule has 0 fully saturated rings. The molecule has 0 aliphatic carbocycles. The Kier molecular flexibility index (Phi) is 22.2. The van der Waals surface area contributed by atoms with E-state index in [2.05, 4.69) is 6.92 Å². The minimum atomic E-state index is -0.769. The van der Waals surface area contributed by atoms with Gasteiger partial charge in [-0.3, -0.25) is 4.79 Å². The van der Waals surface area contributed by atoms with Gasteiger partial charge in [-0.2, -0.15) is 0 Å². The van der Waals surface area contributed by atoms with Crippen LogP contribution in [0.3, 0.4) is 0 Å². The maximum absolute atomic E-state index is 11.6. The van der Waals surface area contributed by atoms with E-state index in [0.29, 0.717) is 12.2 Å². The fourth-order valence-corrected chi connectivity index (χ4v) is 4.08. The van der Waals surface area contributed by atoms with Gasteiger partial charge in [-0.25, -0.2) is 0 Å². The van der Waals surface area contributed by atoms with Gasteiger partial charge in [0.1, 0.15) is 0 Å². The molecule has 0 rings (SSSR count). The lowest BCUT2D eigenvalue weighted by atomic mass is 10.0. The predicted molar refractivity (Wildman–Crippen MR) is 119 cm³/mol. The van der Waals surface area contributed by atoms with Crippen molar-refractivity contribution < 1.29 is 15.0 Å². The third-order valence-electron chi connectivity index (χ3n) is 5.13. The lowest BCUT2D eigenvalue weighted by Gasteiger charge is -2.05. The lowest BCUT2D eigenvalue weighted by Crippen LogP contribution is -2.15. The Morgan fingerprint density at radius 3 is 1.44 bits per heavy atom. The number of carbonyl (C=O) groups is 1. The molecule has 0 aromatic heterocycles. The lowest BCUT2D eigenvalue weighted by molar-refractivity contribution is -0.111. The van der Waals surface area contributed by atoms with Crippen LogP contribution in [0.4, 0.5) is 0 Å². The average Bonchev–Trinajstić information content (AvgIpc) is 2.68. The van der Waals surface area contributed by atoms with E-state index in [-0.39, 0.29) is 11.7 Å². The fraction of sp³-hybridized carbons (Fsp3) is 0.957. The molecule has 0 spiro atoms. The van der Waals surface area contributed by atoms with Crippen molar-refractivity contribution in [2.45, 2.75) is 129 Å². The Morgan fingerprint density at radius 1 is 0.704 bits per heavy atom. The van der Waals surface area contributed by atoms with Crippen LogP contribution in [0.25, 0.3) is 0 Å². The first-order valence-electron chi connectivity index (χ1n) is 11.6. The van der Waals surface area contributed by atoms with Gasteiger partial charge in [-0.05, 0) is 6.42 Å². The highest BCUT2D eigenvalue weighted by atomic mass is 32.2. The van der Waals surface area contributed by atoms with Crippen LogP contribution >= 0.6 is 11.8 Å². The van der Waals surface area contributed by atoms with Gasteiger partial charge in [0.2, 0.25) is 0 Å². The van der Waals surface area contributed by atoms with E-state index in [1.54, 1.807) is 0 Å². The van der Waals surface area contributed by atoms with Gasteiger partial charge in [0.05, 0.1) is 12.7 Å². The van der Waals surface area contributed by atoms with Gasteiger partial charge in [-0.1, -0.05) is 121 Å². The zero-order valence-corrected chi connectivity index (χ0v) is 18.7. The molecule has 1 atom stereocenters. The predicted octanol–water partition coefficient (Wildman–Crippen LogP) is 6.64. The average molecular weight is 403 g/mol.